The van der Waals surface area contributed by atoms with E-state index in [1.54, 1.807) is 4.57 Å². The van der Waals surface area contributed by atoms with E-state index >= 15 is 0 Å². The SMILES string of the molecule is Cc1cc(OC/C(N)=N/N=NC2CC2)cc(=O)n1[C@H](C)c1ccc(C#CC2CC2)cc1. The molecule has 0 aliphatic heterocycles. The lowest BCUT2D eigenvalue weighted by atomic mass is 10.1. The summed E-state index contributed by atoms with van der Waals surface area (Å²) in [5, 5.41) is 11.5. The highest BCUT2D eigenvalue weighted by atomic mass is 16.5. The summed E-state index contributed by atoms with van der Waals surface area (Å²) in [5.41, 5.74) is 8.51. The van der Waals surface area contributed by atoms with Gasteiger partial charge in [0.2, 0.25) is 0 Å². The summed E-state index contributed by atoms with van der Waals surface area (Å²) in [6.45, 7) is 3.95. The maximum atomic E-state index is 12.8. The minimum atomic E-state index is -0.135. The molecule has 4 rings (SSSR count). The lowest BCUT2D eigenvalue weighted by Crippen LogP contribution is -2.26. The first-order valence-corrected chi connectivity index (χ1v) is 10.7. The molecule has 2 fully saturated rings. The van der Waals surface area contributed by atoms with E-state index < -0.39 is 0 Å². The Hall–Kier alpha value is -3.40. The molecule has 2 aliphatic carbocycles. The van der Waals surface area contributed by atoms with Crippen molar-refractivity contribution in [1.82, 2.24) is 4.57 Å². The highest BCUT2D eigenvalue weighted by Gasteiger charge is 2.20. The molecular formula is C24H27N5O2. The van der Waals surface area contributed by atoms with Crippen LogP contribution >= 0.6 is 0 Å². The third-order valence-electron chi connectivity index (χ3n) is 5.33. The number of ether oxygens (including phenoxy) is 1. The van der Waals surface area contributed by atoms with Crippen molar-refractivity contribution in [3.05, 3.63) is 63.6 Å². The van der Waals surface area contributed by atoms with Crippen LogP contribution in [0.2, 0.25) is 0 Å². The average molecular weight is 418 g/mol. The molecule has 0 radical (unpaired) electrons. The Morgan fingerprint density at radius 3 is 2.61 bits per heavy atom. The minimum Gasteiger partial charge on any atom is -0.485 e. The molecule has 2 saturated carbocycles. The van der Waals surface area contributed by atoms with Gasteiger partial charge in [-0.25, -0.2) is 0 Å². The lowest BCUT2D eigenvalue weighted by molar-refractivity contribution is 0.371. The van der Waals surface area contributed by atoms with Crippen LogP contribution in [0.15, 0.2) is 56.6 Å². The predicted octanol–water partition coefficient (Wildman–Crippen LogP) is 3.79. The Morgan fingerprint density at radius 2 is 1.97 bits per heavy atom. The van der Waals surface area contributed by atoms with Crippen LogP contribution in [0.1, 0.15) is 55.5 Å². The van der Waals surface area contributed by atoms with E-state index in [1.165, 1.54) is 18.9 Å². The van der Waals surface area contributed by atoms with Gasteiger partial charge in [-0.3, -0.25) is 4.79 Å². The highest BCUT2D eigenvalue weighted by Crippen LogP contribution is 2.27. The molecule has 2 aliphatic rings. The number of aromatic nitrogens is 1. The second-order valence-electron chi connectivity index (χ2n) is 8.20. The molecule has 2 aromatic rings. The molecule has 7 nitrogen and oxygen atoms in total. The monoisotopic (exact) mass is 417 g/mol. The first-order valence-electron chi connectivity index (χ1n) is 10.7. The summed E-state index contributed by atoms with van der Waals surface area (Å²) in [4.78, 5) is 12.8. The molecule has 1 aromatic carbocycles. The molecule has 0 bridgehead atoms. The van der Waals surface area contributed by atoms with Crippen molar-refractivity contribution in [2.45, 2.75) is 51.6 Å². The lowest BCUT2D eigenvalue weighted by Gasteiger charge is -2.19. The van der Waals surface area contributed by atoms with Gasteiger partial charge in [0.25, 0.3) is 5.56 Å². The Morgan fingerprint density at radius 1 is 1.23 bits per heavy atom. The molecule has 0 amide bonds. The van der Waals surface area contributed by atoms with Crippen molar-refractivity contribution < 1.29 is 4.74 Å². The van der Waals surface area contributed by atoms with E-state index in [9.17, 15) is 4.79 Å². The third-order valence-corrected chi connectivity index (χ3v) is 5.33. The van der Waals surface area contributed by atoms with Crippen molar-refractivity contribution >= 4 is 5.84 Å². The van der Waals surface area contributed by atoms with Gasteiger partial charge in [-0.15, -0.1) is 5.10 Å². The Bertz CT molecular complexity index is 1110. The molecule has 1 aromatic heterocycles. The number of hydrogen-bond acceptors (Lipinski definition) is 4. The zero-order valence-electron chi connectivity index (χ0n) is 17.9. The number of hydrogen-bond donors (Lipinski definition) is 1. The maximum absolute atomic E-state index is 12.8. The summed E-state index contributed by atoms with van der Waals surface area (Å²) in [5.74, 6) is 7.73. The van der Waals surface area contributed by atoms with Crippen LogP contribution < -0.4 is 16.0 Å². The van der Waals surface area contributed by atoms with Crippen molar-refractivity contribution in [3.8, 4) is 17.6 Å². The van der Waals surface area contributed by atoms with Crippen molar-refractivity contribution in [2.75, 3.05) is 6.61 Å². The van der Waals surface area contributed by atoms with Crippen LogP contribution in [0.5, 0.6) is 5.75 Å². The van der Waals surface area contributed by atoms with Gasteiger partial charge >= 0.3 is 0 Å². The van der Waals surface area contributed by atoms with Crippen molar-refractivity contribution in [3.63, 3.8) is 0 Å². The summed E-state index contributed by atoms with van der Waals surface area (Å²) in [6, 6.07) is 11.6. The fourth-order valence-corrected chi connectivity index (χ4v) is 3.20. The second kappa shape index (κ2) is 9.17. The molecule has 31 heavy (non-hydrogen) atoms. The molecule has 1 heterocycles. The fourth-order valence-electron chi connectivity index (χ4n) is 3.20. The predicted molar refractivity (Wildman–Crippen MR) is 120 cm³/mol. The number of benzene rings is 1. The molecule has 1 atom stereocenters. The van der Waals surface area contributed by atoms with Gasteiger partial charge in [0.1, 0.15) is 12.4 Å². The Labute approximate surface area is 182 Å². The fraction of sp³-hybridized carbons (Fsp3) is 0.417. The second-order valence-corrected chi connectivity index (χ2v) is 8.20. The first-order chi connectivity index (χ1) is 15.0. The van der Waals surface area contributed by atoms with Gasteiger partial charge in [-0.2, -0.15) is 5.11 Å². The number of nitrogens with two attached hydrogens (primary N) is 1. The molecule has 0 saturated heterocycles. The number of rotatable bonds is 7. The van der Waals surface area contributed by atoms with Gasteiger partial charge in [0.15, 0.2) is 5.84 Å². The van der Waals surface area contributed by atoms with Crippen LogP contribution in [0, 0.1) is 24.7 Å². The number of amidine groups is 1. The van der Waals surface area contributed by atoms with Crippen LogP contribution in [0.25, 0.3) is 0 Å². The first kappa shape index (κ1) is 20.9. The minimum absolute atomic E-state index is 0.0471. The number of pyridine rings is 1. The average Bonchev–Trinajstić information content (AvgIpc) is 3.66. The van der Waals surface area contributed by atoms with Gasteiger partial charge in [-0.05, 0) is 68.5 Å². The van der Waals surface area contributed by atoms with Gasteiger partial charge < -0.3 is 15.0 Å². The van der Waals surface area contributed by atoms with Gasteiger partial charge in [0, 0.05) is 23.2 Å². The van der Waals surface area contributed by atoms with E-state index in [-0.39, 0.29) is 24.0 Å². The van der Waals surface area contributed by atoms with Crippen LogP contribution in [-0.2, 0) is 0 Å². The van der Waals surface area contributed by atoms with E-state index in [4.69, 9.17) is 10.5 Å². The zero-order valence-corrected chi connectivity index (χ0v) is 17.9. The topological polar surface area (TPSA) is 94.3 Å². The Kier molecular flexibility index (Phi) is 6.17. The number of nitrogens with zero attached hydrogens (tertiary/aromatic N) is 4. The van der Waals surface area contributed by atoms with Crippen LogP contribution in [0.4, 0.5) is 0 Å². The number of aryl methyl sites for hydroxylation is 1. The summed E-state index contributed by atoms with van der Waals surface area (Å²) < 4.78 is 7.37. The quantitative estimate of drug-likeness (QED) is 0.244. The summed E-state index contributed by atoms with van der Waals surface area (Å²) in [6.07, 6.45) is 4.55. The normalized spacial score (nSPS) is 17.3. The van der Waals surface area contributed by atoms with E-state index in [2.05, 4.69) is 27.3 Å². The molecule has 0 spiro atoms. The van der Waals surface area contributed by atoms with Crippen molar-refractivity contribution in [1.29, 1.82) is 0 Å². The Balaban J connectivity index is 1.42. The smallest absolute Gasteiger partial charge is 0.254 e. The molecule has 160 valence electrons. The highest BCUT2D eigenvalue weighted by molar-refractivity contribution is 5.81. The molecule has 2 N–H and O–H groups in total. The molecule has 0 unspecified atom stereocenters. The zero-order chi connectivity index (χ0) is 21.8. The van der Waals surface area contributed by atoms with E-state index in [1.807, 2.05) is 44.2 Å². The van der Waals surface area contributed by atoms with E-state index in [0.717, 1.165) is 29.7 Å². The summed E-state index contributed by atoms with van der Waals surface area (Å²) in [7, 11) is 0. The van der Waals surface area contributed by atoms with Gasteiger partial charge in [-0.1, -0.05) is 24.0 Å². The maximum Gasteiger partial charge on any atom is 0.254 e. The standard InChI is InChI=1S/C24H27N5O2/c1-16-13-22(31-15-23(25)27-28-26-21-11-12-21)14-24(30)29(16)17(2)20-9-7-19(8-10-20)6-5-18-3-4-18/h7-10,13-14,17-18,21H,3-4,11-12,15H2,1-2H3,(H2,25,26,27)/t17-/m1/s1. The van der Waals surface area contributed by atoms with Gasteiger partial charge in [0.05, 0.1) is 12.1 Å². The largest absolute Gasteiger partial charge is 0.485 e. The van der Waals surface area contributed by atoms with E-state index in [0.29, 0.717) is 17.7 Å². The van der Waals surface area contributed by atoms with Crippen LogP contribution in [0.3, 0.4) is 0 Å². The summed E-state index contributed by atoms with van der Waals surface area (Å²) >= 11 is 0. The third kappa shape index (κ3) is 5.82. The van der Waals surface area contributed by atoms with Crippen molar-refractivity contribution in [2.24, 2.45) is 27.1 Å². The molecular weight excluding hydrogens is 390 g/mol. The van der Waals surface area contributed by atoms with Crippen LogP contribution in [-0.4, -0.2) is 23.1 Å². The molecule has 7 heteroatoms.